The first kappa shape index (κ1) is 22.9. The van der Waals surface area contributed by atoms with Gasteiger partial charge in [0.2, 0.25) is 15.9 Å². The molecule has 0 spiro atoms. The minimum absolute atomic E-state index is 0.0234. The quantitative estimate of drug-likeness (QED) is 0.559. The van der Waals surface area contributed by atoms with E-state index in [4.69, 9.17) is 4.74 Å². The largest absolute Gasteiger partial charge is 0.455 e. The fourth-order valence-corrected chi connectivity index (χ4v) is 5.13. The van der Waals surface area contributed by atoms with Crippen molar-refractivity contribution in [1.82, 2.24) is 4.31 Å². The first-order valence-electron chi connectivity index (χ1n) is 10.4. The first-order valence-corrected chi connectivity index (χ1v) is 11.9. The normalized spacial score (nSPS) is 15.2. The molecule has 0 aliphatic carbocycles. The second kappa shape index (κ2) is 9.68. The van der Waals surface area contributed by atoms with Gasteiger partial charge in [-0.2, -0.15) is 4.31 Å². The highest BCUT2D eigenvalue weighted by molar-refractivity contribution is 7.89. The molecule has 1 aliphatic rings. The van der Waals surface area contributed by atoms with Crippen LogP contribution in [0, 0.1) is 17.6 Å². The van der Waals surface area contributed by atoms with Crippen molar-refractivity contribution in [2.75, 3.05) is 18.4 Å². The Kier molecular flexibility index (Phi) is 6.71. The number of ether oxygens (including phenoxy) is 1. The van der Waals surface area contributed by atoms with Gasteiger partial charge in [-0.15, -0.1) is 0 Å². The van der Waals surface area contributed by atoms with Crippen molar-refractivity contribution in [2.45, 2.75) is 17.7 Å². The number of anilines is 1. The molecular formula is C24H22F2N2O4S. The van der Waals surface area contributed by atoms with Crippen molar-refractivity contribution >= 4 is 21.6 Å². The summed E-state index contributed by atoms with van der Waals surface area (Å²) in [6.45, 7) is 0.360. The van der Waals surface area contributed by atoms with Gasteiger partial charge in [0.15, 0.2) is 5.75 Å². The number of sulfonamides is 1. The van der Waals surface area contributed by atoms with Crippen molar-refractivity contribution in [3.63, 3.8) is 0 Å². The molecule has 1 aliphatic heterocycles. The number of piperidine rings is 1. The number of hydrogen-bond donors (Lipinski definition) is 1. The van der Waals surface area contributed by atoms with Gasteiger partial charge in [-0.25, -0.2) is 17.2 Å². The molecule has 9 heteroatoms. The van der Waals surface area contributed by atoms with Gasteiger partial charge in [0, 0.05) is 25.1 Å². The van der Waals surface area contributed by atoms with Gasteiger partial charge >= 0.3 is 0 Å². The molecule has 0 radical (unpaired) electrons. The maximum Gasteiger partial charge on any atom is 0.243 e. The molecule has 3 aromatic carbocycles. The number of hydrogen-bond acceptors (Lipinski definition) is 4. The number of carbonyl (C=O) groups is 1. The Hall–Kier alpha value is -3.30. The number of nitrogens with one attached hydrogen (secondary N) is 1. The molecule has 1 fully saturated rings. The first-order chi connectivity index (χ1) is 15.8. The summed E-state index contributed by atoms with van der Waals surface area (Å²) in [6, 6.07) is 17.2. The van der Waals surface area contributed by atoms with E-state index < -0.39 is 21.7 Å². The molecule has 0 aromatic heterocycles. The average Bonchev–Trinajstić information content (AvgIpc) is 2.81. The van der Waals surface area contributed by atoms with Gasteiger partial charge in [0.1, 0.15) is 17.4 Å². The number of amides is 1. The molecule has 1 N–H and O–H groups in total. The van der Waals surface area contributed by atoms with E-state index in [1.165, 1.54) is 34.6 Å². The monoisotopic (exact) mass is 472 g/mol. The predicted molar refractivity (Wildman–Crippen MR) is 119 cm³/mol. The van der Waals surface area contributed by atoms with Gasteiger partial charge < -0.3 is 10.1 Å². The van der Waals surface area contributed by atoms with Gasteiger partial charge in [0.25, 0.3) is 0 Å². The zero-order valence-electron chi connectivity index (χ0n) is 17.6. The minimum Gasteiger partial charge on any atom is -0.455 e. The second-order valence-corrected chi connectivity index (χ2v) is 9.62. The van der Waals surface area contributed by atoms with Gasteiger partial charge in [-0.1, -0.05) is 18.2 Å². The van der Waals surface area contributed by atoms with Crippen LogP contribution in [0.15, 0.2) is 77.7 Å². The smallest absolute Gasteiger partial charge is 0.243 e. The molecule has 1 saturated heterocycles. The Morgan fingerprint density at radius 3 is 2.30 bits per heavy atom. The number of benzene rings is 3. The molecule has 0 unspecified atom stereocenters. The number of para-hydroxylation sites is 2. The Balaban J connectivity index is 1.39. The molecule has 172 valence electrons. The molecule has 0 saturated carbocycles. The van der Waals surface area contributed by atoms with Crippen LogP contribution >= 0.6 is 0 Å². The molecule has 0 atom stereocenters. The third-order valence-electron chi connectivity index (χ3n) is 5.44. The summed E-state index contributed by atoms with van der Waals surface area (Å²) in [5.41, 5.74) is 0.438. The van der Waals surface area contributed by atoms with Crippen LogP contribution in [0.4, 0.5) is 14.5 Å². The van der Waals surface area contributed by atoms with Crippen LogP contribution in [-0.4, -0.2) is 31.7 Å². The maximum atomic E-state index is 13.5. The molecule has 0 bridgehead atoms. The number of nitrogens with zero attached hydrogens (tertiary/aromatic N) is 1. The van der Waals surface area contributed by atoms with E-state index in [9.17, 15) is 22.0 Å². The van der Waals surface area contributed by atoms with Crippen LogP contribution in [0.25, 0.3) is 0 Å². The van der Waals surface area contributed by atoms with Gasteiger partial charge in [-0.3, -0.25) is 4.79 Å². The summed E-state index contributed by atoms with van der Waals surface area (Å²) in [7, 11) is -3.75. The lowest BCUT2D eigenvalue weighted by atomic mass is 9.97. The van der Waals surface area contributed by atoms with Gasteiger partial charge in [-0.05, 0) is 61.4 Å². The van der Waals surface area contributed by atoms with Crippen molar-refractivity contribution in [2.24, 2.45) is 5.92 Å². The van der Waals surface area contributed by atoms with Crippen LogP contribution in [0.2, 0.25) is 0 Å². The van der Waals surface area contributed by atoms with E-state index in [0.717, 1.165) is 12.1 Å². The van der Waals surface area contributed by atoms with E-state index >= 15 is 0 Å². The van der Waals surface area contributed by atoms with E-state index in [0.29, 0.717) is 30.0 Å². The third kappa shape index (κ3) is 5.37. The van der Waals surface area contributed by atoms with E-state index in [2.05, 4.69) is 5.32 Å². The lowest BCUT2D eigenvalue weighted by Gasteiger charge is -2.30. The molecule has 3 aromatic rings. The molecule has 4 rings (SSSR count). The maximum absolute atomic E-state index is 13.5. The van der Waals surface area contributed by atoms with E-state index in [-0.39, 0.29) is 29.8 Å². The third-order valence-corrected chi connectivity index (χ3v) is 7.36. The number of rotatable bonds is 6. The van der Waals surface area contributed by atoms with E-state index in [1.54, 1.807) is 30.3 Å². The van der Waals surface area contributed by atoms with Crippen LogP contribution < -0.4 is 10.1 Å². The molecule has 6 nitrogen and oxygen atoms in total. The summed E-state index contributed by atoms with van der Waals surface area (Å²) in [5.74, 6) is -0.901. The second-order valence-electron chi connectivity index (χ2n) is 7.68. The van der Waals surface area contributed by atoms with Crippen molar-refractivity contribution in [3.8, 4) is 11.5 Å². The number of halogens is 2. The van der Waals surface area contributed by atoms with Crippen molar-refractivity contribution in [1.29, 1.82) is 0 Å². The van der Waals surface area contributed by atoms with E-state index in [1.807, 2.05) is 0 Å². The summed E-state index contributed by atoms with van der Waals surface area (Å²) in [5, 5.41) is 2.84. The fourth-order valence-electron chi connectivity index (χ4n) is 3.67. The zero-order chi connectivity index (χ0) is 23.4. The average molecular weight is 473 g/mol. The Morgan fingerprint density at radius 1 is 0.909 bits per heavy atom. The SMILES string of the molecule is O=C(Nc1ccccc1Oc1cccc(F)c1)C1CCN(S(=O)(=O)c2ccc(F)cc2)CC1. The zero-order valence-corrected chi connectivity index (χ0v) is 18.4. The topological polar surface area (TPSA) is 75.7 Å². The lowest BCUT2D eigenvalue weighted by Crippen LogP contribution is -2.41. The molecule has 1 amide bonds. The standard InChI is InChI=1S/C24H22F2N2O4S/c25-18-8-10-21(11-9-18)33(30,31)28-14-12-17(13-15-28)24(29)27-22-6-1-2-7-23(22)32-20-5-3-4-19(26)16-20/h1-11,16-17H,12-15H2,(H,27,29). The Morgan fingerprint density at radius 2 is 1.61 bits per heavy atom. The lowest BCUT2D eigenvalue weighted by molar-refractivity contribution is -0.120. The summed E-state index contributed by atoms with van der Waals surface area (Å²) >= 11 is 0. The molecule has 1 heterocycles. The molecule has 33 heavy (non-hydrogen) atoms. The highest BCUT2D eigenvalue weighted by Crippen LogP contribution is 2.31. The van der Waals surface area contributed by atoms with Crippen LogP contribution in [0.1, 0.15) is 12.8 Å². The van der Waals surface area contributed by atoms with Crippen LogP contribution in [0.3, 0.4) is 0 Å². The highest BCUT2D eigenvalue weighted by atomic mass is 32.2. The van der Waals surface area contributed by atoms with Gasteiger partial charge in [0.05, 0.1) is 10.6 Å². The minimum atomic E-state index is -3.75. The fraction of sp³-hybridized carbons (Fsp3) is 0.208. The highest BCUT2D eigenvalue weighted by Gasteiger charge is 2.32. The Bertz CT molecular complexity index is 1240. The summed E-state index contributed by atoms with van der Waals surface area (Å²) in [6.07, 6.45) is 0.693. The van der Waals surface area contributed by atoms with Crippen LogP contribution in [-0.2, 0) is 14.8 Å². The summed E-state index contributed by atoms with van der Waals surface area (Å²) in [4.78, 5) is 12.9. The van der Waals surface area contributed by atoms with Crippen molar-refractivity contribution < 1.29 is 26.7 Å². The van der Waals surface area contributed by atoms with Crippen LogP contribution in [0.5, 0.6) is 11.5 Å². The molecular weight excluding hydrogens is 450 g/mol. The predicted octanol–water partition coefficient (Wildman–Crippen LogP) is 4.80. The number of carbonyl (C=O) groups excluding carboxylic acids is 1. The summed E-state index contributed by atoms with van der Waals surface area (Å²) < 4.78 is 59.2. The Labute approximate surface area is 190 Å². The van der Waals surface area contributed by atoms with Crippen molar-refractivity contribution in [3.05, 3.63) is 84.4 Å².